The van der Waals surface area contributed by atoms with Crippen molar-refractivity contribution in [3.63, 3.8) is 0 Å². The zero-order valence-electron chi connectivity index (χ0n) is 12.3. The predicted octanol–water partition coefficient (Wildman–Crippen LogP) is 5.49. The molecular weight excluding hydrogens is 350 g/mol. The summed E-state index contributed by atoms with van der Waals surface area (Å²) in [5.74, 6) is -1.40. The van der Waals surface area contributed by atoms with Crippen LogP contribution in [0.1, 0.15) is 16.7 Å². The molecule has 2 aromatic rings. The third-order valence-electron chi connectivity index (χ3n) is 3.29. The number of carboxylic acid groups (broad SMARTS) is 1. The second kappa shape index (κ2) is 6.62. The Balaban J connectivity index is 2.62. The second-order valence-corrected chi connectivity index (χ2v) is 5.05. The van der Waals surface area contributed by atoms with Gasteiger partial charge < -0.3 is 5.11 Å². The Bertz CT molecular complexity index is 819. The Morgan fingerprint density at radius 1 is 0.880 bits per heavy atom. The fourth-order valence-corrected chi connectivity index (χ4v) is 2.16. The summed E-state index contributed by atoms with van der Waals surface area (Å²) in [6.45, 7) is 0. The SMILES string of the molecule is O=C(O)/C=C/c1cc(C(F)(F)F)ccc1-c1cccc(C(F)(F)F)c1. The number of hydrogen-bond acceptors (Lipinski definition) is 1. The van der Waals surface area contributed by atoms with Crippen molar-refractivity contribution in [2.75, 3.05) is 0 Å². The van der Waals surface area contributed by atoms with E-state index in [9.17, 15) is 31.1 Å². The van der Waals surface area contributed by atoms with Crippen LogP contribution in [0.3, 0.4) is 0 Å². The molecule has 0 fully saturated rings. The largest absolute Gasteiger partial charge is 0.478 e. The van der Waals surface area contributed by atoms with E-state index in [1.165, 1.54) is 6.07 Å². The van der Waals surface area contributed by atoms with Gasteiger partial charge in [0.2, 0.25) is 0 Å². The third-order valence-corrected chi connectivity index (χ3v) is 3.29. The Morgan fingerprint density at radius 2 is 1.48 bits per heavy atom. The summed E-state index contributed by atoms with van der Waals surface area (Å²) in [5.41, 5.74) is -2.08. The van der Waals surface area contributed by atoms with E-state index in [-0.39, 0.29) is 16.7 Å². The smallest absolute Gasteiger partial charge is 0.416 e. The number of aliphatic carboxylic acids is 1. The van der Waals surface area contributed by atoms with Crippen LogP contribution in [-0.4, -0.2) is 11.1 Å². The molecule has 25 heavy (non-hydrogen) atoms. The summed E-state index contributed by atoms with van der Waals surface area (Å²) < 4.78 is 77.0. The first-order valence-electron chi connectivity index (χ1n) is 6.78. The fraction of sp³-hybridized carbons (Fsp3) is 0.118. The first-order chi connectivity index (χ1) is 11.5. The van der Waals surface area contributed by atoms with Gasteiger partial charge in [-0.3, -0.25) is 0 Å². The highest BCUT2D eigenvalue weighted by Crippen LogP contribution is 2.36. The van der Waals surface area contributed by atoms with Gasteiger partial charge in [-0.05, 0) is 47.0 Å². The molecule has 2 aromatic carbocycles. The Morgan fingerprint density at radius 3 is 2.04 bits per heavy atom. The van der Waals surface area contributed by atoms with Crippen molar-refractivity contribution < 1.29 is 36.2 Å². The summed E-state index contributed by atoms with van der Waals surface area (Å²) in [4.78, 5) is 10.6. The van der Waals surface area contributed by atoms with E-state index in [0.717, 1.165) is 36.4 Å². The summed E-state index contributed by atoms with van der Waals surface area (Å²) in [6, 6.07) is 6.49. The van der Waals surface area contributed by atoms with Crippen molar-refractivity contribution in [2.45, 2.75) is 12.4 Å². The van der Waals surface area contributed by atoms with E-state index < -0.39 is 29.4 Å². The first-order valence-corrected chi connectivity index (χ1v) is 6.78. The molecule has 132 valence electrons. The molecule has 0 bridgehead atoms. The van der Waals surface area contributed by atoms with Crippen LogP contribution < -0.4 is 0 Å². The van der Waals surface area contributed by atoms with Gasteiger partial charge in [0.1, 0.15) is 0 Å². The van der Waals surface area contributed by atoms with Crippen molar-refractivity contribution in [2.24, 2.45) is 0 Å². The van der Waals surface area contributed by atoms with Crippen molar-refractivity contribution in [1.29, 1.82) is 0 Å². The van der Waals surface area contributed by atoms with E-state index in [1.807, 2.05) is 0 Å². The van der Waals surface area contributed by atoms with Gasteiger partial charge in [-0.1, -0.05) is 18.2 Å². The van der Waals surface area contributed by atoms with Crippen molar-refractivity contribution in [3.8, 4) is 11.1 Å². The molecule has 0 amide bonds. The van der Waals surface area contributed by atoms with Gasteiger partial charge in [0.15, 0.2) is 0 Å². The number of hydrogen-bond donors (Lipinski definition) is 1. The highest BCUT2D eigenvalue weighted by molar-refractivity contribution is 5.88. The molecule has 1 N–H and O–H groups in total. The minimum atomic E-state index is -4.67. The molecule has 2 rings (SSSR count). The van der Waals surface area contributed by atoms with Gasteiger partial charge in [0.25, 0.3) is 0 Å². The molecule has 0 atom stereocenters. The maximum absolute atomic E-state index is 12.8. The molecule has 0 saturated carbocycles. The first kappa shape index (κ1) is 18.6. The van der Waals surface area contributed by atoms with Crippen LogP contribution in [0.25, 0.3) is 17.2 Å². The highest BCUT2D eigenvalue weighted by Gasteiger charge is 2.32. The standard InChI is InChI=1S/C17H10F6O2/c18-16(19,20)12-3-1-2-10(8-12)14-6-5-13(17(21,22)23)9-11(14)4-7-15(24)25/h1-9H,(H,24,25)/b7-4+. The highest BCUT2D eigenvalue weighted by atomic mass is 19.4. The molecule has 8 heteroatoms. The summed E-state index contributed by atoms with van der Waals surface area (Å²) in [6.07, 6.45) is -7.75. The van der Waals surface area contributed by atoms with Gasteiger partial charge >= 0.3 is 18.3 Å². The van der Waals surface area contributed by atoms with Gasteiger partial charge in [0.05, 0.1) is 11.1 Å². The van der Waals surface area contributed by atoms with Crippen LogP contribution in [0.15, 0.2) is 48.5 Å². The lowest BCUT2D eigenvalue weighted by atomic mass is 9.95. The monoisotopic (exact) mass is 360 g/mol. The van der Waals surface area contributed by atoms with Gasteiger partial charge in [-0.15, -0.1) is 0 Å². The number of carboxylic acids is 1. The molecule has 0 saturated heterocycles. The predicted molar refractivity (Wildman–Crippen MR) is 78.6 cm³/mol. The lowest BCUT2D eigenvalue weighted by Crippen LogP contribution is -2.06. The number of rotatable bonds is 3. The topological polar surface area (TPSA) is 37.3 Å². The number of benzene rings is 2. The molecule has 0 aromatic heterocycles. The molecule has 0 aliphatic rings. The number of carbonyl (C=O) groups is 1. The number of alkyl halides is 6. The molecule has 2 nitrogen and oxygen atoms in total. The van der Waals surface area contributed by atoms with E-state index in [4.69, 9.17) is 5.11 Å². The number of halogens is 6. The van der Waals surface area contributed by atoms with Crippen LogP contribution in [-0.2, 0) is 17.1 Å². The Labute approximate surface area is 138 Å². The summed E-state index contributed by atoms with van der Waals surface area (Å²) >= 11 is 0. The van der Waals surface area contributed by atoms with E-state index in [2.05, 4.69) is 0 Å². The summed E-state index contributed by atoms with van der Waals surface area (Å²) in [7, 11) is 0. The molecule has 0 unspecified atom stereocenters. The van der Waals surface area contributed by atoms with Crippen molar-refractivity contribution >= 4 is 12.0 Å². The van der Waals surface area contributed by atoms with Gasteiger partial charge in [0, 0.05) is 6.08 Å². The molecule has 0 spiro atoms. The molecular formula is C17H10F6O2. The minimum absolute atomic E-state index is 0.0218. The van der Waals surface area contributed by atoms with Crippen LogP contribution >= 0.6 is 0 Å². The molecule has 0 radical (unpaired) electrons. The lowest BCUT2D eigenvalue weighted by molar-refractivity contribution is -0.138. The Kier molecular flexibility index (Phi) is 4.92. The molecule has 0 aliphatic heterocycles. The van der Waals surface area contributed by atoms with Crippen LogP contribution in [0.2, 0.25) is 0 Å². The van der Waals surface area contributed by atoms with Gasteiger partial charge in [-0.2, -0.15) is 26.3 Å². The average molecular weight is 360 g/mol. The zero-order chi connectivity index (χ0) is 18.8. The lowest BCUT2D eigenvalue weighted by Gasteiger charge is -2.13. The maximum atomic E-state index is 12.8. The van der Waals surface area contributed by atoms with Crippen LogP contribution in [0, 0.1) is 0 Å². The zero-order valence-corrected chi connectivity index (χ0v) is 12.3. The maximum Gasteiger partial charge on any atom is 0.416 e. The quantitative estimate of drug-likeness (QED) is 0.581. The third kappa shape index (κ3) is 4.62. The summed E-state index contributed by atoms with van der Waals surface area (Å²) in [5, 5.41) is 8.66. The average Bonchev–Trinajstić information content (AvgIpc) is 2.51. The van der Waals surface area contributed by atoms with E-state index in [0.29, 0.717) is 12.1 Å². The second-order valence-electron chi connectivity index (χ2n) is 5.05. The van der Waals surface area contributed by atoms with Crippen LogP contribution in [0.5, 0.6) is 0 Å². The van der Waals surface area contributed by atoms with Crippen molar-refractivity contribution in [3.05, 3.63) is 65.2 Å². The van der Waals surface area contributed by atoms with Crippen molar-refractivity contribution in [1.82, 2.24) is 0 Å². The normalized spacial score (nSPS) is 12.6. The van der Waals surface area contributed by atoms with Gasteiger partial charge in [-0.25, -0.2) is 4.79 Å². The molecule has 0 aliphatic carbocycles. The minimum Gasteiger partial charge on any atom is -0.478 e. The van der Waals surface area contributed by atoms with E-state index >= 15 is 0 Å². The van der Waals surface area contributed by atoms with Crippen LogP contribution in [0.4, 0.5) is 26.3 Å². The Hall–Kier alpha value is -2.77. The molecule has 0 heterocycles. The fourth-order valence-electron chi connectivity index (χ4n) is 2.16. The van der Waals surface area contributed by atoms with E-state index in [1.54, 1.807) is 0 Å².